The van der Waals surface area contributed by atoms with Crippen LogP contribution < -0.4 is 9.64 Å². The number of fused-ring (bicyclic) bond motifs is 1. The van der Waals surface area contributed by atoms with Crippen LogP contribution in [0.25, 0.3) is 0 Å². The predicted octanol–water partition coefficient (Wildman–Crippen LogP) is 1.90. The number of benzene rings is 1. The van der Waals surface area contributed by atoms with Gasteiger partial charge >= 0.3 is 5.97 Å². The fraction of sp³-hybridized carbons (Fsp3) is 0.143. The van der Waals surface area contributed by atoms with Gasteiger partial charge in [-0.1, -0.05) is 12.1 Å². The number of anilines is 1. The Morgan fingerprint density at radius 1 is 1.35 bits per heavy atom. The first kappa shape index (κ1) is 12.3. The van der Waals surface area contributed by atoms with Crippen LogP contribution in [-0.4, -0.2) is 23.6 Å². The summed E-state index contributed by atoms with van der Waals surface area (Å²) < 4.78 is 10.5. The van der Waals surface area contributed by atoms with Gasteiger partial charge in [0.15, 0.2) is 6.61 Å². The number of aromatic carboxylic acids is 1. The van der Waals surface area contributed by atoms with Crippen molar-refractivity contribution in [3.63, 3.8) is 0 Å². The van der Waals surface area contributed by atoms with Crippen molar-refractivity contribution in [3.05, 3.63) is 47.9 Å². The smallest absolute Gasteiger partial charge is 0.338 e. The number of para-hydroxylation sites is 2. The number of carboxylic acids is 1. The molecule has 0 saturated heterocycles. The van der Waals surface area contributed by atoms with E-state index in [2.05, 4.69) is 0 Å². The molecule has 1 aromatic carbocycles. The van der Waals surface area contributed by atoms with Gasteiger partial charge in [0.1, 0.15) is 17.8 Å². The van der Waals surface area contributed by atoms with Crippen LogP contribution >= 0.6 is 0 Å². The van der Waals surface area contributed by atoms with E-state index in [0.717, 1.165) is 6.26 Å². The monoisotopic (exact) mass is 273 g/mol. The van der Waals surface area contributed by atoms with Gasteiger partial charge in [0.2, 0.25) is 0 Å². The first-order chi connectivity index (χ1) is 9.65. The molecule has 0 spiro atoms. The number of amides is 1. The Morgan fingerprint density at radius 2 is 2.15 bits per heavy atom. The van der Waals surface area contributed by atoms with Crippen molar-refractivity contribution in [1.82, 2.24) is 0 Å². The quantitative estimate of drug-likeness (QED) is 0.923. The van der Waals surface area contributed by atoms with Gasteiger partial charge in [0, 0.05) is 0 Å². The van der Waals surface area contributed by atoms with E-state index in [0.29, 0.717) is 17.2 Å². The summed E-state index contributed by atoms with van der Waals surface area (Å²) in [4.78, 5) is 24.3. The summed E-state index contributed by atoms with van der Waals surface area (Å²) in [7, 11) is 0. The number of hydrogen-bond donors (Lipinski definition) is 1. The maximum Gasteiger partial charge on any atom is 0.338 e. The Bertz CT molecular complexity index is 676. The molecule has 6 heteroatoms. The first-order valence-electron chi connectivity index (χ1n) is 5.98. The van der Waals surface area contributed by atoms with Crippen LogP contribution in [-0.2, 0) is 11.3 Å². The molecular formula is C14H11NO5. The van der Waals surface area contributed by atoms with E-state index >= 15 is 0 Å². The van der Waals surface area contributed by atoms with Crippen molar-refractivity contribution in [2.45, 2.75) is 6.54 Å². The van der Waals surface area contributed by atoms with Crippen LogP contribution in [0.15, 0.2) is 41.0 Å². The topological polar surface area (TPSA) is 80.0 Å². The molecule has 0 fully saturated rings. The molecular weight excluding hydrogens is 262 g/mol. The van der Waals surface area contributed by atoms with Gasteiger partial charge in [-0.3, -0.25) is 9.69 Å². The van der Waals surface area contributed by atoms with Crippen LogP contribution in [0.5, 0.6) is 5.75 Å². The second kappa shape index (κ2) is 4.73. The zero-order valence-corrected chi connectivity index (χ0v) is 10.4. The summed E-state index contributed by atoms with van der Waals surface area (Å²) >= 11 is 0. The lowest BCUT2D eigenvalue weighted by atomic mass is 10.2. The minimum Gasteiger partial charge on any atom is -0.482 e. The molecule has 1 N–H and O–H groups in total. The molecule has 2 heterocycles. The highest BCUT2D eigenvalue weighted by Gasteiger charge is 2.26. The summed E-state index contributed by atoms with van der Waals surface area (Å²) in [6, 6.07) is 8.58. The maximum absolute atomic E-state index is 11.9. The molecule has 1 aliphatic heterocycles. The second-order valence-corrected chi connectivity index (χ2v) is 4.34. The Kier molecular flexibility index (Phi) is 2.90. The molecule has 20 heavy (non-hydrogen) atoms. The third-order valence-electron chi connectivity index (χ3n) is 3.02. The van der Waals surface area contributed by atoms with Gasteiger partial charge in [0.05, 0.1) is 17.8 Å². The Hall–Kier alpha value is -2.76. The molecule has 1 amide bonds. The minimum atomic E-state index is -1.06. The maximum atomic E-state index is 11.9. The molecule has 2 aromatic rings. The average molecular weight is 273 g/mol. The van der Waals surface area contributed by atoms with Gasteiger partial charge in [-0.2, -0.15) is 0 Å². The Labute approximate surface area is 114 Å². The van der Waals surface area contributed by atoms with E-state index in [1.807, 2.05) is 6.07 Å². The Morgan fingerprint density at radius 3 is 2.90 bits per heavy atom. The van der Waals surface area contributed by atoms with Crippen LogP contribution in [0.4, 0.5) is 5.69 Å². The lowest BCUT2D eigenvalue weighted by Gasteiger charge is -2.28. The molecule has 0 radical (unpaired) electrons. The Balaban J connectivity index is 1.89. The number of rotatable bonds is 3. The molecule has 0 bridgehead atoms. The van der Waals surface area contributed by atoms with E-state index in [1.54, 1.807) is 18.2 Å². The summed E-state index contributed by atoms with van der Waals surface area (Å²) in [5, 5.41) is 8.85. The number of carbonyl (C=O) groups is 2. The second-order valence-electron chi connectivity index (χ2n) is 4.34. The van der Waals surface area contributed by atoms with Crippen LogP contribution in [0.3, 0.4) is 0 Å². The van der Waals surface area contributed by atoms with Gasteiger partial charge in [-0.25, -0.2) is 4.79 Å². The van der Waals surface area contributed by atoms with E-state index in [1.165, 1.54) is 11.0 Å². The van der Waals surface area contributed by atoms with Crippen molar-refractivity contribution >= 4 is 17.6 Å². The minimum absolute atomic E-state index is 0.0382. The molecule has 0 saturated carbocycles. The number of hydrogen-bond acceptors (Lipinski definition) is 4. The van der Waals surface area contributed by atoms with Crippen molar-refractivity contribution < 1.29 is 23.8 Å². The van der Waals surface area contributed by atoms with Crippen LogP contribution in [0.2, 0.25) is 0 Å². The van der Waals surface area contributed by atoms with Crippen LogP contribution in [0.1, 0.15) is 16.1 Å². The van der Waals surface area contributed by atoms with Crippen molar-refractivity contribution in [2.75, 3.05) is 11.5 Å². The lowest BCUT2D eigenvalue weighted by molar-refractivity contribution is -0.121. The lowest BCUT2D eigenvalue weighted by Crippen LogP contribution is -2.38. The zero-order chi connectivity index (χ0) is 14.1. The van der Waals surface area contributed by atoms with Crippen molar-refractivity contribution in [3.8, 4) is 5.75 Å². The summed E-state index contributed by atoms with van der Waals surface area (Å²) in [5.74, 6) is -0.227. The van der Waals surface area contributed by atoms with Crippen molar-refractivity contribution in [2.24, 2.45) is 0 Å². The van der Waals surface area contributed by atoms with Gasteiger partial charge in [-0.15, -0.1) is 0 Å². The third-order valence-corrected chi connectivity index (χ3v) is 3.02. The van der Waals surface area contributed by atoms with Gasteiger partial charge < -0.3 is 14.3 Å². The molecule has 6 nitrogen and oxygen atoms in total. The largest absolute Gasteiger partial charge is 0.482 e. The standard InChI is InChI=1S/C14H11NO5/c16-13-8-20-12-4-2-1-3-11(12)15(13)6-10-5-9(7-19-10)14(17)18/h1-5,7H,6,8H2,(H,17,18). The highest BCUT2D eigenvalue weighted by Crippen LogP contribution is 2.32. The molecule has 3 rings (SSSR count). The molecule has 102 valence electrons. The van der Waals surface area contributed by atoms with E-state index in [-0.39, 0.29) is 24.6 Å². The van der Waals surface area contributed by atoms with Crippen molar-refractivity contribution in [1.29, 1.82) is 0 Å². The van der Waals surface area contributed by atoms with E-state index in [4.69, 9.17) is 14.3 Å². The number of carboxylic acid groups (broad SMARTS) is 1. The summed E-state index contributed by atoms with van der Waals surface area (Å²) in [6.07, 6.45) is 1.16. The molecule has 1 aromatic heterocycles. The predicted molar refractivity (Wildman–Crippen MR) is 68.8 cm³/mol. The normalized spacial score (nSPS) is 13.8. The fourth-order valence-electron chi connectivity index (χ4n) is 2.06. The first-order valence-corrected chi connectivity index (χ1v) is 5.98. The molecule has 1 aliphatic rings. The van der Waals surface area contributed by atoms with Crippen LogP contribution in [0, 0.1) is 0 Å². The van der Waals surface area contributed by atoms with Gasteiger partial charge in [0.25, 0.3) is 5.91 Å². The molecule has 0 aliphatic carbocycles. The van der Waals surface area contributed by atoms with Gasteiger partial charge in [-0.05, 0) is 18.2 Å². The van der Waals surface area contributed by atoms with E-state index < -0.39 is 5.97 Å². The number of nitrogens with zero attached hydrogens (tertiary/aromatic N) is 1. The molecule has 0 atom stereocenters. The average Bonchev–Trinajstić information content (AvgIpc) is 2.91. The highest BCUT2D eigenvalue weighted by molar-refractivity contribution is 5.97. The molecule has 0 unspecified atom stereocenters. The summed E-state index contributed by atoms with van der Waals surface area (Å²) in [5.41, 5.74) is 0.714. The number of furan rings is 1. The fourth-order valence-corrected chi connectivity index (χ4v) is 2.06. The number of carbonyl (C=O) groups excluding carboxylic acids is 1. The SMILES string of the molecule is O=C(O)c1coc(CN2C(=O)COc3ccccc32)c1. The van der Waals surface area contributed by atoms with E-state index in [9.17, 15) is 9.59 Å². The number of ether oxygens (including phenoxy) is 1. The third kappa shape index (κ3) is 2.11. The zero-order valence-electron chi connectivity index (χ0n) is 10.4. The highest BCUT2D eigenvalue weighted by atomic mass is 16.5. The summed E-state index contributed by atoms with van der Waals surface area (Å²) in [6.45, 7) is 0.135.